The summed E-state index contributed by atoms with van der Waals surface area (Å²) < 4.78 is 13.3. The Morgan fingerprint density at radius 3 is 2.17 bits per heavy atom. The van der Waals surface area contributed by atoms with Gasteiger partial charge in [0.2, 0.25) is 8.32 Å². The number of allylic oxidation sites excluding steroid dienone is 2. The molecule has 4 rings (SSSR count). The second-order valence-corrected chi connectivity index (χ2v) is 22.2. The number of rotatable bonds is 4. The minimum atomic E-state index is -1.53. The van der Waals surface area contributed by atoms with Gasteiger partial charge in [-0.15, -0.1) is 0 Å². The van der Waals surface area contributed by atoms with E-state index in [1.54, 1.807) is 0 Å². The lowest BCUT2D eigenvalue weighted by atomic mass is 9.49. The van der Waals surface area contributed by atoms with Crippen LogP contribution in [0.1, 0.15) is 65.2 Å². The van der Waals surface area contributed by atoms with Gasteiger partial charge in [-0.25, -0.2) is 0 Å². The molecule has 4 heteroatoms. The van der Waals surface area contributed by atoms with Gasteiger partial charge in [0.25, 0.3) is 0 Å². The summed E-state index contributed by atoms with van der Waals surface area (Å²) >= 11 is 0. The number of fused-ring (bicyclic) bond motifs is 5. The van der Waals surface area contributed by atoms with Crippen LogP contribution in [0.5, 0.6) is 0 Å². The first-order valence-corrected chi connectivity index (χ1v) is 19.2. The van der Waals surface area contributed by atoms with E-state index >= 15 is 0 Å². The Hall–Kier alpha value is -0.0662. The average Bonchev–Trinajstić information content (AvgIpc) is 2.87. The second kappa shape index (κ2) is 7.23. The molecule has 0 radical (unpaired) electrons. The van der Waals surface area contributed by atoms with Crippen LogP contribution in [-0.4, -0.2) is 22.2 Å². The maximum absolute atomic E-state index is 6.71. The van der Waals surface area contributed by atoms with Gasteiger partial charge in [0.15, 0.2) is 8.32 Å². The topological polar surface area (TPSA) is 18.5 Å². The molecule has 7 atom stereocenters. The SMILES string of the molecule is C[C@@]1(O[Si](C)(C)C)CC[C@H]2[C@H](CC[C@@H]3[C@@H]2CC[C@]2(C)C(O[Si](C)(C)C)=CC[C@@H]32)C1. The Morgan fingerprint density at radius 2 is 1.52 bits per heavy atom. The summed E-state index contributed by atoms with van der Waals surface area (Å²) in [5.74, 6) is 5.96. The van der Waals surface area contributed by atoms with E-state index in [1.165, 1.54) is 57.1 Å². The molecule has 166 valence electrons. The molecule has 4 aliphatic carbocycles. The molecule has 3 fully saturated rings. The molecular weight excluding hydrogens is 388 g/mol. The van der Waals surface area contributed by atoms with Gasteiger partial charge in [0.05, 0.1) is 11.4 Å². The maximum atomic E-state index is 6.71. The lowest BCUT2D eigenvalue weighted by molar-refractivity contribution is -0.0886. The van der Waals surface area contributed by atoms with Gasteiger partial charge in [-0.2, -0.15) is 0 Å². The lowest BCUT2D eigenvalue weighted by Gasteiger charge is -2.57. The van der Waals surface area contributed by atoms with Crippen LogP contribution < -0.4 is 0 Å². The van der Waals surface area contributed by atoms with Gasteiger partial charge in [-0.1, -0.05) is 6.92 Å². The summed E-state index contributed by atoms with van der Waals surface area (Å²) in [6.07, 6.45) is 13.4. The van der Waals surface area contributed by atoms with Crippen molar-refractivity contribution in [3.8, 4) is 0 Å². The van der Waals surface area contributed by atoms with Gasteiger partial charge in [0, 0.05) is 5.41 Å². The van der Waals surface area contributed by atoms with Gasteiger partial charge in [-0.3, -0.25) is 0 Å². The molecule has 0 heterocycles. The van der Waals surface area contributed by atoms with E-state index in [-0.39, 0.29) is 5.60 Å². The zero-order valence-electron chi connectivity index (χ0n) is 20.4. The normalized spacial score (nSPS) is 45.1. The average molecular weight is 435 g/mol. The fourth-order valence-corrected chi connectivity index (χ4v) is 10.6. The molecule has 0 aromatic heterocycles. The lowest BCUT2D eigenvalue weighted by Crippen LogP contribution is -2.52. The Bertz CT molecular complexity index is 661. The van der Waals surface area contributed by atoms with Crippen LogP contribution in [0.2, 0.25) is 39.3 Å². The van der Waals surface area contributed by atoms with Crippen molar-refractivity contribution in [3.05, 3.63) is 11.8 Å². The summed E-state index contributed by atoms with van der Waals surface area (Å²) in [5, 5.41) is 0. The Labute approximate surface area is 182 Å². The first-order valence-electron chi connectivity index (χ1n) is 12.4. The molecule has 29 heavy (non-hydrogen) atoms. The van der Waals surface area contributed by atoms with Crippen molar-refractivity contribution in [1.29, 1.82) is 0 Å². The molecule has 0 aromatic rings. The van der Waals surface area contributed by atoms with E-state index < -0.39 is 16.6 Å². The monoisotopic (exact) mass is 434 g/mol. The van der Waals surface area contributed by atoms with Crippen molar-refractivity contribution < 1.29 is 8.85 Å². The van der Waals surface area contributed by atoms with E-state index in [9.17, 15) is 0 Å². The van der Waals surface area contributed by atoms with E-state index in [4.69, 9.17) is 8.85 Å². The number of hydrogen-bond donors (Lipinski definition) is 0. The van der Waals surface area contributed by atoms with Crippen LogP contribution in [-0.2, 0) is 8.85 Å². The predicted octanol–water partition coefficient (Wildman–Crippen LogP) is 7.59. The third-order valence-corrected chi connectivity index (χ3v) is 10.6. The van der Waals surface area contributed by atoms with Crippen molar-refractivity contribution in [2.45, 2.75) is 110 Å². The summed E-state index contributed by atoms with van der Waals surface area (Å²) in [7, 11) is -3.01. The highest BCUT2D eigenvalue weighted by atomic mass is 28.4. The van der Waals surface area contributed by atoms with Crippen molar-refractivity contribution in [2.75, 3.05) is 0 Å². The van der Waals surface area contributed by atoms with Crippen LogP contribution in [0.25, 0.3) is 0 Å². The van der Waals surface area contributed by atoms with Gasteiger partial charge in [-0.05, 0) is 133 Å². The Kier molecular flexibility index (Phi) is 5.52. The van der Waals surface area contributed by atoms with Crippen molar-refractivity contribution in [1.82, 2.24) is 0 Å². The Morgan fingerprint density at radius 1 is 0.828 bits per heavy atom. The summed E-state index contributed by atoms with van der Waals surface area (Å²) in [5.41, 5.74) is 0.466. The van der Waals surface area contributed by atoms with Crippen LogP contribution in [0.4, 0.5) is 0 Å². The van der Waals surface area contributed by atoms with E-state index in [0.717, 1.165) is 29.6 Å². The quantitative estimate of drug-likeness (QED) is 0.424. The summed E-state index contributed by atoms with van der Waals surface area (Å²) in [6.45, 7) is 19.0. The van der Waals surface area contributed by atoms with Crippen molar-refractivity contribution in [3.63, 3.8) is 0 Å². The van der Waals surface area contributed by atoms with Crippen LogP contribution in [0.3, 0.4) is 0 Å². The highest BCUT2D eigenvalue weighted by molar-refractivity contribution is 6.70. The first-order chi connectivity index (χ1) is 13.3. The van der Waals surface area contributed by atoms with Gasteiger partial charge in [0.1, 0.15) is 0 Å². The molecule has 4 aliphatic rings. The third kappa shape index (κ3) is 4.32. The van der Waals surface area contributed by atoms with Crippen molar-refractivity contribution in [2.24, 2.45) is 35.0 Å². The van der Waals surface area contributed by atoms with Crippen LogP contribution in [0, 0.1) is 35.0 Å². The fourth-order valence-electron chi connectivity index (χ4n) is 7.91. The number of hydrogen-bond acceptors (Lipinski definition) is 2. The van der Waals surface area contributed by atoms with Crippen LogP contribution >= 0.6 is 0 Å². The standard InChI is InChI=1S/C25H46O2Si2/c1-24(27-29(6,7)8)15-13-19-18(17-24)9-10-21-20(19)14-16-25(2)22(21)11-12-23(25)26-28(3,4)5/h12,18-22H,9-11,13-17H2,1-8H3/t18-,19+,20-,21-,22+,24-,25+/m1/s1. The molecular formula is C25H46O2Si2. The van der Waals surface area contributed by atoms with Gasteiger partial charge < -0.3 is 8.85 Å². The predicted molar refractivity (Wildman–Crippen MR) is 128 cm³/mol. The molecule has 0 spiro atoms. The summed E-state index contributed by atoms with van der Waals surface area (Å²) in [6, 6.07) is 0. The Balaban J connectivity index is 1.46. The van der Waals surface area contributed by atoms with E-state index in [0.29, 0.717) is 5.41 Å². The zero-order chi connectivity index (χ0) is 21.2. The smallest absolute Gasteiger partial charge is 0.241 e. The second-order valence-electron chi connectivity index (χ2n) is 13.3. The zero-order valence-corrected chi connectivity index (χ0v) is 22.4. The molecule has 0 unspecified atom stereocenters. The van der Waals surface area contributed by atoms with Crippen molar-refractivity contribution >= 4 is 16.6 Å². The van der Waals surface area contributed by atoms with Gasteiger partial charge >= 0.3 is 0 Å². The molecule has 0 N–H and O–H groups in total. The highest BCUT2D eigenvalue weighted by Gasteiger charge is 2.56. The minimum absolute atomic E-state index is 0.148. The molecule has 0 aliphatic heterocycles. The molecule has 0 bridgehead atoms. The highest BCUT2D eigenvalue weighted by Crippen LogP contribution is 2.63. The molecule has 0 saturated heterocycles. The first kappa shape index (κ1) is 22.1. The molecule has 2 nitrogen and oxygen atoms in total. The molecule has 3 saturated carbocycles. The van der Waals surface area contributed by atoms with E-state index in [2.05, 4.69) is 59.2 Å². The van der Waals surface area contributed by atoms with Crippen LogP contribution in [0.15, 0.2) is 11.8 Å². The fraction of sp³-hybridized carbons (Fsp3) is 0.920. The molecule has 0 aromatic carbocycles. The third-order valence-electron chi connectivity index (χ3n) is 8.70. The minimum Gasteiger partial charge on any atom is -0.547 e. The maximum Gasteiger partial charge on any atom is 0.241 e. The molecule has 0 amide bonds. The largest absolute Gasteiger partial charge is 0.547 e. The summed E-state index contributed by atoms with van der Waals surface area (Å²) in [4.78, 5) is 0. The van der Waals surface area contributed by atoms with E-state index in [1.807, 2.05) is 0 Å².